The number of amides is 1. The maximum atomic E-state index is 13.3. The second-order valence-corrected chi connectivity index (χ2v) is 6.27. The number of carbonyl (C=O) groups excluding carboxylic acids is 1. The van der Waals surface area contributed by atoms with Crippen molar-refractivity contribution in [3.63, 3.8) is 0 Å². The van der Waals surface area contributed by atoms with Gasteiger partial charge in [-0.1, -0.05) is 18.2 Å². The maximum Gasteiger partial charge on any atom is 0.280 e. The van der Waals surface area contributed by atoms with Crippen molar-refractivity contribution in [1.82, 2.24) is 9.78 Å². The quantitative estimate of drug-likeness (QED) is 0.576. The minimum atomic E-state index is -0.648. The Balaban J connectivity index is 1.84. The van der Waals surface area contributed by atoms with E-state index in [1.807, 2.05) is 0 Å². The van der Waals surface area contributed by atoms with E-state index in [2.05, 4.69) is 10.4 Å². The number of carbonyl (C=O) groups is 1. The van der Waals surface area contributed by atoms with Gasteiger partial charge in [-0.05, 0) is 48.5 Å². The number of rotatable bonds is 4. The summed E-state index contributed by atoms with van der Waals surface area (Å²) in [5, 5.41) is 7.28. The lowest BCUT2D eigenvalue weighted by Crippen LogP contribution is -2.26. The number of methoxy groups -OCH3 is 1. The largest absolute Gasteiger partial charge is 0.497 e. The van der Waals surface area contributed by atoms with Crippen molar-refractivity contribution in [3.05, 3.63) is 94.5 Å². The van der Waals surface area contributed by atoms with Gasteiger partial charge in [0, 0.05) is 11.8 Å². The van der Waals surface area contributed by atoms with Gasteiger partial charge >= 0.3 is 0 Å². The van der Waals surface area contributed by atoms with Crippen LogP contribution in [0.4, 0.5) is 10.1 Å². The Labute approximate surface area is 165 Å². The molecule has 4 rings (SSSR count). The van der Waals surface area contributed by atoms with E-state index in [4.69, 9.17) is 4.74 Å². The molecule has 4 aromatic rings. The monoisotopic (exact) mass is 389 g/mol. The Kier molecular flexibility index (Phi) is 4.78. The Bertz CT molecular complexity index is 1270. The van der Waals surface area contributed by atoms with Crippen LogP contribution in [-0.4, -0.2) is 22.8 Å². The van der Waals surface area contributed by atoms with Gasteiger partial charge in [0.15, 0.2) is 5.69 Å². The van der Waals surface area contributed by atoms with E-state index < -0.39 is 17.2 Å². The molecule has 1 heterocycles. The van der Waals surface area contributed by atoms with Crippen LogP contribution in [0.2, 0.25) is 0 Å². The van der Waals surface area contributed by atoms with Gasteiger partial charge in [0.05, 0.1) is 23.7 Å². The van der Waals surface area contributed by atoms with E-state index in [1.165, 1.54) is 36.1 Å². The molecular formula is C22H16FN3O3. The lowest BCUT2D eigenvalue weighted by Gasteiger charge is -2.12. The maximum absolute atomic E-state index is 13.3. The van der Waals surface area contributed by atoms with Crippen LogP contribution in [0, 0.1) is 5.82 Å². The Hall–Kier alpha value is -4.00. The fourth-order valence-electron chi connectivity index (χ4n) is 3.00. The third kappa shape index (κ3) is 3.58. The summed E-state index contributed by atoms with van der Waals surface area (Å²) in [4.78, 5) is 25.7. The number of ether oxygens (including phenoxy) is 1. The highest BCUT2D eigenvalue weighted by atomic mass is 19.1. The molecule has 0 fully saturated rings. The first kappa shape index (κ1) is 18.4. The molecule has 0 atom stereocenters. The molecule has 0 saturated heterocycles. The molecule has 0 unspecified atom stereocenters. The molecule has 0 spiro atoms. The fraction of sp³-hybridized carbons (Fsp3) is 0.0455. The summed E-state index contributed by atoms with van der Waals surface area (Å²) in [7, 11) is 1.52. The average molecular weight is 389 g/mol. The number of nitrogens with one attached hydrogen (secondary N) is 1. The normalized spacial score (nSPS) is 10.7. The van der Waals surface area contributed by atoms with Crippen molar-refractivity contribution in [2.75, 3.05) is 12.4 Å². The molecule has 1 amide bonds. The Morgan fingerprint density at radius 1 is 1.03 bits per heavy atom. The molecule has 0 aliphatic carbocycles. The molecule has 1 aromatic heterocycles. The predicted octanol–water partition coefficient (Wildman–Crippen LogP) is 3.79. The fourth-order valence-corrected chi connectivity index (χ4v) is 3.00. The third-order valence-electron chi connectivity index (χ3n) is 4.41. The predicted molar refractivity (Wildman–Crippen MR) is 108 cm³/mol. The molecule has 3 aromatic carbocycles. The van der Waals surface area contributed by atoms with E-state index in [-0.39, 0.29) is 5.69 Å². The summed E-state index contributed by atoms with van der Waals surface area (Å²) in [6, 6.07) is 19.2. The molecule has 1 N–H and O–H groups in total. The standard InChI is InChI=1S/C22H16FN3O3/c1-29-17-6-4-5-15(13-17)24-22(28)20-21(27)18-7-2-3-8-19(18)26(25-20)16-11-9-14(23)10-12-16/h2-13H,1H3,(H,24,28). The molecule has 144 valence electrons. The molecule has 29 heavy (non-hydrogen) atoms. The van der Waals surface area contributed by atoms with Crippen molar-refractivity contribution < 1.29 is 13.9 Å². The SMILES string of the molecule is COc1cccc(NC(=O)c2nn(-c3ccc(F)cc3)c3ccccc3c2=O)c1. The second-order valence-electron chi connectivity index (χ2n) is 6.27. The molecule has 7 heteroatoms. The molecule has 0 saturated carbocycles. The van der Waals surface area contributed by atoms with Crippen LogP contribution >= 0.6 is 0 Å². The molecule has 0 aliphatic rings. The van der Waals surface area contributed by atoms with Gasteiger partial charge in [0.2, 0.25) is 5.43 Å². The average Bonchev–Trinajstić information content (AvgIpc) is 2.75. The Morgan fingerprint density at radius 3 is 2.55 bits per heavy atom. The van der Waals surface area contributed by atoms with Gasteiger partial charge in [0.1, 0.15) is 11.6 Å². The lowest BCUT2D eigenvalue weighted by atomic mass is 10.2. The molecule has 0 aliphatic heterocycles. The summed E-state index contributed by atoms with van der Waals surface area (Å²) in [6.45, 7) is 0. The van der Waals surface area contributed by atoms with Crippen molar-refractivity contribution in [1.29, 1.82) is 0 Å². The second kappa shape index (κ2) is 7.55. The summed E-state index contributed by atoms with van der Waals surface area (Å²) in [5.41, 5.74) is 0.757. The molecule has 0 radical (unpaired) electrons. The van der Waals surface area contributed by atoms with Crippen LogP contribution in [0.5, 0.6) is 5.75 Å². The summed E-state index contributed by atoms with van der Waals surface area (Å²) < 4.78 is 19.9. The Morgan fingerprint density at radius 2 is 1.79 bits per heavy atom. The summed E-state index contributed by atoms with van der Waals surface area (Å²) >= 11 is 0. The third-order valence-corrected chi connectivity index (χ3v) is 4.41. The van der Waals surface area contributed by atoms with Crippen LogP contribution in [0.1, 0.15) is 10.5 Å². The van der Waals surface area contributed by atoms with Gasteiger partial charge in [0.25, 0.3) is 5.91 Å². The number of benzene rings is 3. The van der Waals surface area contributed by atoms with Gasteiger partial charge in [-0.15, -0.1) is 0 Å². The van der Waals surface area contributed by atoms with Crippen LogP contribution in [0.15, 0.2) is 77.6 Å². The van der Waals surface area contributed by atoms with E-state index in [0.29, 0.717) is 28.0 Å². The van der Waals surface area contributed by atoms with E-state index in [0.717, 1.165) is 0 Å². The van der Waals surface area contributed by atoms with E-state index in [9.17, 15) is 14.0 Å². The first-order valence-corrected chi connectivity index (χ1v) is 8.80. The first-order valence-electron chi connectivity index (χ1n) is 8.80. The summed E-state index contributed by atoms with van der Waals surface area (Å²) in [5.74, 6) is -0.474. The first-order chi connectivity index (χ1) is 14.1. The van der Waals surface area contributed by atoms with Gasteiger partial charge < -0.3 is 10.1 Å². The van der Waals surface area contributed by atoms with Crippen LogP contribution < -0.4 is 15.5 Å². The van der Waals surface area contributed by atoms with Crippen molar-refractivity contribution in [2.45, 2.75) is 0 Å². The zero-order chi connectivity index (χ0) is 20.4. The molecular weight excluding hydrogens is 373 g/mol. The topological polar surface area (TPSA) is 73.2 Å². The summed E-state index contributed by atoms with van der Waals surface area (Å²) in [6.07, 6.45) is 0. The van der Waals surface area contributed by atoms with Crippen LogP contribution in [0.3, 0.4) is 0 Å². The van der Waals surface area contributed by atoms with E-state index >= 15 is 0 Å². The van der Waals surface area contributed by atoms with E-state index in [1.54, 1.807) is 48.5 Å². The van der Waals surface area contributed by atoms with Crippen molar-refractivity contribution >= 4 is 22.5 Å². The smallest absolute Gasteiger partial charge is 0.280 e. The van der Waals surface area contributed by atoms with Gasteiger partial charge in [-0.2, -0.15) is 5.10 Å². The van der Waals surface area contributed by atoms with Gasteiger partial charge in [-0.3, -0.25) is 9.59 Å². The number of anilines is 1. The number of para-hydroxylation sites is 1. The zero-order valence-electron chi connectivity index (χ0n) is 15.4. The highest BCUT2D eigenvalue weighted by Gasteiger charge is 2.18. The number of aromatic nitrogens is 2. The van der Waals surface area contributed by atoms with Crippen molar-refractivity contribution in [3.8, 4) is 11.4 Å². The molecule has 0 bridgehead atoms. The number of nitrogens with zero attached hydrogens (tertiary/aromatic N) is 2. The number of hydrogen-bond donors (Lipinski definition) is 1. The van der Waals surface area contributed by atoms with Gasteiger partial charge in [-0.25, -0.2) is 9.07 Å². The minimum Gasteiger partial charge on any atom is -0.497 e. The van der Waals surface area contributed by atoms with Crippen LogP contribution in [-0.2, 0) is 0 Å². The highest BCUT2D eigenvalue weighted by Crippen LogP contribution is 2.19. The molecule has 6 nitrogen and oxygen atoms in total. The number of halogens is 1. The zero-order valence-corrected chi connectivity index (χ0v) is 15.4. The number of hydrogen-bond acceptors (Lipinski definition) is 4. The number of fused-ring (bicyclic) bond motifs is 1. The van der Waals surface area contributed by atoms with Crippen molar-refractivity contribution in [2.24, 2.45) is 0 Å². The lowest BCUT2D eigenvalue weighted by molar-refractivity contribution is 0.102. The van der Waals surface area contributed by atoms with Crippen LogP contribution in [0.25, 0.3) is 16.6 Å². The minimum absolute atomic E-state index is 0.268. The highest BCUT2D eigenvalue weighted by molar-refractivity contribution is 6.04.